The van der Waals surface area contributed by atoms with E-state index in [2.05, 4.69) is 46.1 Å². The van der Waals surface area contributed by atoms with E-state index in [-0.39, 0.29) is 0 Å². The summed E-state index contributed by atoms with van der Waals surface area (Å²) in [6.45, 7) is 4.34. The highest BCUT2D eigenvalue weighted by atomic mass is 16.5. The van der Waals surface area contributed by atoms with E-state index in [1.807, 2.05) is 16.8 Å². The zero-order chi connectivity index (χ0) is 18.8. The van der Waals surface area contributed by atoms with Crippen LogP contribution in [0.5, 0.6) is 5.75 Å². The molecule has 2 aromatic heterocycles. The van der Waals surface area contributed by atoms with Gasteiger partial charge in [0.25, 0.3) is 0 Å². The Labute approximate surface area is 158 Å². The first-order valence-corrected chi connectivity index (χ1v) is 9.09. The lowest BCUT2D eigenvalue weighted by atomic mass is 10.1. The van der Waals surface area contributed by atoms with E-state index in [0.29, 0.717) is 11.4 Å². The molecule has 0 bridgehead atoms. The molecule has 1 aliphatic heterocycles. The zero-order valence-corrected chi connectivity index (χ0v) is 15.3. The van der Waals surface area contributed by atoms with Gasteiger partial charge in [-0.3, -0.25) is 0 Å². The highest BCUT2D eigenvalue weighted by molar-refractivity contribution is 5.73. The number of rotatable bonds is 3. The predicted octanol–water partition coefficient (Wildman–Crippen LogP) is 2.60. The molecule has 1 aliphatic rings. The fraction of sp³-hybridized carbons (Fsp3) is 0.300. The van der Waals surface area contributed by atoms with Crippen molar-refractivity contribution in [3.63, 3.8) is 0 Å². The largest absolute Gasteiger partial charge is 0.410 e. The van der Waals surface area contributed by atoms with Crippen LogP contribution in [0, 0.1) is 0 Å². The van der Waals surface area contributed by atoms with Crippen LogP contribution in [0.4, 0.5) is 10.5 Å². The molecule has 0 radical (unpaired) electrons. The second-order valence-corrected chi connectivity index (χ2v) is 6.84. The van der Waals surface area contributed by atoms with Crippen LogP contribution in [0.3, 0.4) is 0 Å². The molecule has 1 fully saturated rings. The van der Waals surface area contributed by atoms with Crippen molar-refractivity contribution in [2.24, 2.45) is 5.73 Å². The predicted molar refractivity (Wildman–Crippen MR) is 105 cm³/mol. The molecule has 0 unspecified atom stereocenters. The van der Waals surface area contributed by atoms with Gasteiger partial charge in [0.15, 0.2) is 11.4 Å². The SMILES string of the molecule is CN1CCCN(c2ccc(-c3cn4cccc(OC(N)=O)c4n3)cc2)CC1. The summed E-state index contributed by atoms with van der Waals surface area (Å²) in [7, 11) is 2.17. The molecular weight excluding hydrogens is 342 g/mol. The Morgan fingerprint density at radius 1 is 1.11 bits per heavy atom. The average molecular weight is 365 g/mol. The van der Waals surface area contributed by atoms with Gasteiger partial charge in [0.05, 0.1) is 5.69 Å². The number of carbonyl (C=O) groups excluding carboxylic acids is 1. The molecule has 1 aromatic carbocycles. The molecule has 2 N–H and O–H groups in total. The number of likely N-dealkylation sites (N-methyl/N-ethyl adjacent to an activating group) is 1. The first-order chi connectivity index (χ1) is 13.1. The van der Waals surface area contributed by atoms with E-state index >= 15 is 0 Å². The van der Waals surface area contributed by atoms with Gasteiger partial charge < -0.3 is 24.7 Å². The van der Waals surface area contributed by atoms with Gasteiger partial charge in [-0.25, -0.2) is 9.78 Å². The molecule has 0 saturated carbocycles. The number of anilines is 1. The molecule has 1 saturated heterocycles. The second kappa shape index (κ2) is 7.28. The average Bonchev–Trinajstić information content (AvgIpc) is 2.98. The van der Waals surface area contributed by atoms with Crippen molar-refractivity contribution < 1.29 is 9.53 Å². The number of nitrogens with zero attached hydrogens (tertiary/aromatic N) is 4. The minimum Gasteiger partial charge on any atom is -0.406 e. The van der Waals surface area contributed by atoms with Crippen molar-refractivity contribution in [3.8, 4) is 17.0 Å². The molecule has 27 heavy (non-hydrogen) atoms. The number of primary amides is 1. The minimum absolute atomic E-state index is 0.349. The summed E-state index contributed by atoms with van der Waals surface area (Å²) in [5, 5.41) is 0. The van der Waals surface area contributed by atoms with Crippen molar-refractivity contribution in [2.45, 2.75) is 6.42 Å². The Balaban J connectivity index is 1.59. The van der Waals surface area contributed by atoms with Gasteiger partial charge in [0.2, 0.25) is 0 Å². The summed E-state index contributed by atoms with van der Waals surface area (Å²) >= 11 is 0. The summed E-state index contributed by atoms with van der Waals surface area (Å²) in [5.41, 5.74) is 8.76. The van der Waals surface area contributed by atoms with Crippen molar-refractivity contribution >= 4 is 17.4 Å². The quantitative estimate of drug-likeness (QED) is 0.772. The third kappa shape index (κ3) is 3.73. The van der Waals surface area contributed by atoms with Crippen LogP contribution in [0.25, 0.3) is 16.9 Å². The summed E-state index contributed by atoms with van der Waals surface area (Å²) in [6, 6.07) is 11.9. The maximum Gasteiger partial charge on any atom is 0.410 e. The van der Waals surface area contributed by atoms with Crippen LogP contribution in [-0.4, -0.2) is 53.6 Å². The maximum atomic E-state index is 11.1. The van der Waals surface area contributed by atoms with Crippen LogP contribution >= 0.6 is 0 Å². The highest BCUT2D eigenvalue weighted by Crippen LogP contribution is 2.26. The van der Waals surface area contributed by atoms with Gasteiger partial charge in [-0.15, -0.1) is 0 Å². The third-order valence-corrected chi connectivity index (χ3v) is 4.91. The van der Waals surface area contributed by atoms with E-state index in [4.69, 9.17) is 10.5 Å². The van der Waals surface area contributed by atoms with Gasteiger partial charge in [-0.05, 0) is 44.3 Å². The number of nitrogens with two attached hydrogens (primary N) is 1. The third-order valence-electron chi connectivity index (χ3n) is 4.91. The Morgan fingerprint density at radius 3 is 2.70 bits per heavy atom. The van der Waals surface area contributed by atoms with Crippen molar-refractivity contribution in [2.75, 3.05) is 38.1 Å². The number of aromatic nitrogens is 2. The first-order valence-electron chi connectivity index (χ1n) is 9.09. The molecule has 1 amide bonds. The fourth-order valence-corrected chi connectivity index (χ4v) is 3.46. The molecule has 4 rings (SSSR count). The molecule has 0 atom stereocenters. The lowest BCUT2D eigenvalue weighted by Gasteiger charge is -2.22. The van der Waals surface area contributed by atoms with Gasteiger partial charge >= 0.3 is 6.09 Å². The van der Waals surface area contributed by atoms with Crippen LogP contribution in [0.15, 0.2) is 48.8 Å². The number of ether oxygens (including phenoxy) is 1. The van der Waals surface area contributed by atoms with Gasteiger partial charge in [0.1, 0.15) is 0 Å². The molecule has 140 valence electrons. The van der Waals surface area contributed by atoms with Crippen molar-refractivity contribution in [3.05, 3.63) is 48.8 Å². The lowest BCUT2D eigenvalue weighted by molar-refractivity contribution is 0.211. The Hall–Kier alpha value is -3.06. The number of amides is 1. The van der Waals surface area contributed by atoms with Crippen molar-refractivity contribution in [1.82, 2.24) is 14.3 Å². The number of fused-ring (bicyclic) bond motifs is 1. The second-order valence-electron chi connectivity index (χ2n) is 6.84. The number of pyridine rings is 1. The molecule has 3 heterocycles. The zero-order valence-electron chi connectivity index (χ0n) is 15.3. The minimum atomic E-state index is -0.847. The van der Waals surface area contributed by atoms with Crippen LogP contribution in [0.2, 0.25) is 0 Å². The van der Waals surface area contributed by atoms with Crippen LogP contribution in [0.1, 0.15) is 6.42 Å². The number of imidazole rings is 1. The highest BCUT2D eigenvalue weighted by Gasteiger charge is 2.14. The Kier molecular flexibility index (Phi) is 4.68. The smallest absolute Gasteiger partial charge is 0.406 e. The molecule has 3 aromatic rings. The van der Waals surface area contributed by atoms with E-state index < -0.39 is 6.09 Å². The van der Waals surface area contributed by atoms with E-state index in [9.17, 15) is 4.79 Å². The van der Waals surface area contributed by atoms with Crippen molar-refractivity contribution in [1.29, 1.82) is 0 Å². The molecule has 7 heteroatoms. The van der Waals surface area contributed by atoms with Gasteiger partial charge in [0, 0.05) is 43.3 Å². The molecule has 0 spiro atoms. The Morgan fingerprint density at radius 2 is 1.93 bits per heavy atom. The van der Waals surface area contributed by atoms with E-state index in [1.54, 1.807) is 12.1 Å². The number of hydrogen-bond donors (Lipinski definition) is 1. The first kappa shape index (κ1) is 17.4. The van der Waals surface area contributed by atoms with E-state index in [0.717, 1.165) is 37.4 Å². The van der Waals surface area contributed by atoms with Gasteiger partial charge in [-0.2, -0.15) is 0 Å². The summed E-state index contributed by atoms with van der Waals surface area (Å²) < 4.78 is 6.87. The standard InChI is InChI=1S/C20H23N5O2/c1-23-9-3-11-24(13-12-23)16-7-5-15(6-8-16)17-14-25-10-2-4-18(19(25)22-17)27-20(21)26/h2,4-8,10,14H,3,9,11-13H2,1H3,(H2,21,26). The fourth-order valence-electron chi connectivity index (χ4n) is 3.46. The number of hydrogen-bond acceptors (Lipinski definition) is 5. The molecule has 7 nitrogen and oxygen atoms in total. The molecular formula is C20H23N5O2. The number of carbonyl (C=O) groups is 1. The topological polar surface area (TPSA) is 76.1 Å². The molecule has 0 aliphatic carbocycles. The van der Waals surface area contributed by atoms with Crippen LogP contribution < -0.4 is 15.4 Å². The lowest BCUT2D eigenvalue weighted by Crippen LogP contribution is -2.28. The maximum absolute atomic E-state index is 11.1. The van der Waals surface area contributed by atoms with Crippen LogP contribution in [-0.2, 0) is 0 Å². The normalized spacial score (nSPS) is 15.7. The summed E-state index contributed by atoms with van der Waals surface area (Å²) in [5.74, 6) is 0.349. The summed E-state index contributed by atoms with van der Waals surface area (Å²) in [6.07, 6.45) is 4.11. The summed E-state index contributed by atoms with van der Waals surface area (Å²) in [4.78, 5) is 20.5. The van der Waals surface area contributed by atoms with E-state index in [1.165, 1.54) is 12.1 Å². The monoisotopic (exact) mass is 365 g/mol. The van der Waals surface area contributed by atoms with Gasteiger partial charge in [-0.1, -0.05) is 12.1 Å². The Bertz CT molecular complexity index is 951. The number of benzene rings is 1.